The lowest BCUT2D eigenvalue weighted by Gasteiger charge is -2.03. The van der Waals surface area contributed by atoms with Gasteiger partial charge in [-0.05, 0) is 23.7 Å². The van der Waals surface area contributed by atoms with E-state index >= 15 is 0 Å². The fourth-order valence-electron chi connectivity index (χ4n) is 1.67. The molecule has 0 aliphatic carbocycles. The van der Waals surface area contributed by atoms with E-state index in [0.29, 0.717) is 11.6 Å². The highest BCUT2D eigenvalue weighted by atomic mass is 35.5. The van der Waals surface area contributed by atoms with Crippen molar-refractivity contribution in [2.24, 2.45) is 0 Å². The van der Waals surface area contributed by atoms with Crippen molar-refractivity contribution in [3.8, 4) is 22.8 Å². The van der Waals surface area contributed by atoms with Crippen LogP contribution < -0.4 is 0 Å². The van der Waals surface area contributed by atoms with E-state index in [4.69, 9.17) is 11.6 Å². The highest BCUT2D eigenvalue weighted by Gasteiger charge is 2.08. The maximum atomic E-state index is 5.96. The van der Waals surface area contributed by atoms with Gasteiger partial charge < -0.3 is 0 Å². The molecule has 3 aromatic rings. The fraction of sp³-hybridized carbons (Fsp3) is 0. The number of rotatable bonds is 2. The maximum Gasteiger partial charge on any atom is 0.226 e. The number of hydrogen-bond acceptors (Lipinski definition) is 3. The first-order chi connectivity index (χ1) is 9.33. The molecular formula is C15H8ClN3. The SMILES string of the molecule is Clc1nc(-c2c#cccc2)nc(-c2ccccc2)n1. The molecule has 0 unspecified atom stereocenters. The summed E-state index contributed by atoms with van der Waals surface area (Å²) < 4.78 is 0. The average molecular weight is 266 g/mol. The van der Waals surface area contributed by atoms with Crippen LogP contribution in [-0.2, 0) is 0 Å². The first kappa shape index (κ1) is 11.6. The molecule has 3 rings (SSSR count). The first-order valence-corrected chi connectivity index (χ1v) is 6.06. The van der Waals surface area contributed by atoms with Crippen LogP contribution in [0.25, 0.3) is 22.8 Å². The molecule has 0 amide bonds. The van der Waals surface area contributed by atoms with Gasteiger partial charge in [0.2, 0.25) is 5.28 Å². The van der Waals surface area contributed by atoms with Gasteiger partial charge in [0.1, 0.15) is 0 Å². The fourth-order valence-corrected chi connectivity index (χ4v) is 1.83. The van der Waals surface area contributed by atoms with Gasteiger partial charge in [-0.15, -0.1) is 0 Å². The molecule has 1 heterocycles. The minimum absolute atomic E-state index is 0.168. The van der Waals surface area contributed by atoms with E-state index in [9.17, 15) is 0 Å². The lowest BCUT2D eigenvalue weighted by atomic mass is 10.2. The lowest BCUT2D eigenvalue weighted by Crippen LogP contribution is -1.96. The molecule has 4 heteroatoms. The van der Waals surface area contributed by atoms with E-state index in [1.165, 1.54) is 0 Å². The lowest BCUT2D eigenvalue weighted by molar-refractivity contribution is 1.07. The van der Waals surface area contributed by atoms with E-state index in [0.717, 1.165) is 11.1 Å². The molecular weight excluding hydrogens is 258 g/mol. The second kappa shape index (κ2) is 5.05. The number of aromatic nitrogens is 3. The summed E-state index contributed by atoms with van der Waals surface area (Å²) in [5.41, 5.74) is 1.64. The number of halogens is 1. The molecule has 19 heavy (non-hydrogen) atoms. The van der Waals surface area contributed by atoms with Crippen molar-refractivity contribution in [1.82, 2.24) is 15.0 Å². The molecule has 3 nitrogen and oxygen atoms in total. The van der Waals surface area contributed by atoms with Crippen molar-refractivity contribution >= 4 is 11.6 Å². The minimum atomic E-state index is 0.168. The Hall–Kier alpha value is -2.44. The Bertz CT molecular complexity index is 627. The summed E-state index contributed by atoms with van der Waals surface area (Å²) in [5.74, 6) is 1.04. The van der Waals surface area contributed by atoms with Gasteiger partial charge in [0.25, 0.3) is 0 Å². The zero-order valence-electron chi connectivity index (χ0n) is 9.84. The van der Waals surface area contributed by atoms with Crippen molar-refractivity contribution in [1.29, 1.82) is 0 Å². The van der Waals surface area contributed by atoms with Gasteiger partial charge in [-0.1, -0.05) is 48.5 Å². The van der Waals surface area contributed by atoms with Crippen molar-refractivity contribution < 1.29 is 0 Å². The van der Waals surface area contributed by atoms with Crippen LogP contribution in [0.3, 0.4) is 0 Å². The smallest absolute Gasteiger partial charge is 0.207 e. The zero-order valence-corrected chi connectivity index (χ0v) is 10.6. The Morgan fingerprint density at radius 2 is 1.63 bits per heavy atom. The van der Waals surface area contributed by atoms with E-state index in [2.05, 4.69) is 27.1 Å². The molecule has 0 saturated carbocycles. The standard InChI is InChI=1S/C15H8ClN3/c16-15-18-13(11-7-3-1-4-8-11)17-14(19-15)12-9-5-2-6-10-12/h1-5,7-9H. The summed E-state index contributed by atoms with van der Waals surface area (Å²) in [6, 6.07) is 20.9. The molecule has 0 radical (unpaired) electrons. The van der Waals surface area contributed by atoms with Crippen molar-refractivity contribution in [3.05, 3.63) is 65.9 Å². The molecule has 0 spiro atoms. The molecule has 0 saturated heterocycles. The van der Waals surface area contributed by atoms with Gasteiger partial charge in [-0.2, -0.15) is 9.97 Å². The van der Waals surface area contributed by atoms with Crippen LogP contribution in [0.1, 0.15) is 0 Å². The number of hydrogen-bond donors (Lipinski definition) is 0. The van der Waals surface area contributed by atoms with Crippen LogP contribution in [0.5, 0.6) is 0 Å². The Morgan fingerprint density at radius 3 is 2.37 bits per heavy atom. The van der Waals surface area contributed by atoms with Gasteiger partial charge >= 0.3 is 0 Å². The van der Waals surface area contributed by atoms with Crippen LogP contribution in [0.2, 0.25) is 5.28 Å². The molecule has 90 valence electrons. The maximum absolute atomic E-state index is 5.96. The highest BCUT2D eigenvalue weighted by molar-refractivity contribution is 6.28. The number of benzene rings is 1. The largest absolute Gasteiger partial charge is 0.226 e. The van der Waals surface area contributed by atoms with Crippen LogP contribution in [0.4, 0.5) is 0 Å². The summed E-state index contributed by atoms with van der Waals surface area (Å²) in [6.07, 6.45) is 0. The topological polar surface area (TPSA) is 38.7 Å². The predicted octanol–water partition coefficient (Wildman–Crippen LogP) is 3.46. The third-order valence-corrected chi connectivity index (χ3v) is 2.70. The van der Waals surface area contributed by atoms with Crippen LogP contribution >= 0.6 is 11.6 Å². The molecule has 0 bridgehead atoms. The Balaban J connectivity index is 2.12. The van der Waals surface area contributed by atoms with Crippen LogP contribution in [0.15, 0.2) is 48.5 Å². The molecule has 0 aliphatic heterocycles. The predicted molar refractivity (Wildman–Crippen MR) is 73.4 cm³/mol. The van der Waals surface area contributed by atoms with Gasteiger partial charge in [0.05, 0.1) is 5.56 Å². The van der Waals surface area contributed by atoms with Gasteiger partial charge in [0, 0.05) is 5.56 Å². The quantitative estimate of drug-likeness (QED) is 0.712. The normalized spacial score (nSPS) is 9.95. The third kappa shape index (κ3) is 2.54. The van der Waals surface area contributed by atoms with Crippen LogP contribution in [-0.4, -0.2) is 15.0 Å². The third-order valence-electron chi connectivity index (χ3n) is 2.53. The summed E-state index contributed by atoms with van der Waals surface area (Å²) in [4.78, 5) is 12.7. The minimum Gasteiger partial charge on any atom is -0.207 e. The zero-order chi connectivity index (χ0) is 13.1. The number of nitrogens with zero attached hydrogens (tertiary/aromatic N) is 3. The Kier molecular flexibility index (Phi) is 3.09. The second-order valence-electron chi connectivity index (χ2n) is 3.83. The van der Waals surface area contributed by atoms with E-state index in [1.807, 2.05) is 42.5 Å². The molecule has 0 N–H and O–H groups in total. The molecule has 2 aromatic carbocycles. The first-order valence-electron chi connectivity index (χ1n) is 5.69. The second-order valence-corrected chi connectivity index (χ2v) is 4.16. The monoisotopic (exact) mass is 265 g/mol. The summed E-state index contributed by atoms with van der Waals surface area (Å²) in [7, 11) is 0. The van der Waals surface area contributed by atoms with E-state index in [1.54, 1.807) is 6.07 Å². The van der Waals surface area contributed by atoms with Gasteiger partial charge in [-0.3, -0.25) is 0 Å². The van der Waals surface area contributed by atoms with Crippen molar-refractivity contribution in [2.75, 3.05) is 0 Å². The Morgan fingerprint density at radius 1 is 0.842 bits per heavy atom. The summed E-state index contributed by atoms with van der Waals surface area (Å²) >= 11 is 5.96. The molecule has 0 fully saturated rings. The Labute approximate surface area is 116 Å². The van der Waals surface area contributed by atoms with Crippen LogP contribution in [0, 0.1) is 12.1 Å². The highest BCUT2D eigenvalue weighted by Crippen LogP contribution is 2.20. The van der Waals surface area contributed by atoms with Gasteiger partial charge in [0.15, 0.2) is 11.6 Å². The van der Waals surface area contributed by atoms with Gasteiger partial charge in [-0.25, -0.2) is 4.98 Å². The molecule has 1 aromatic heterocycles. The van der Waals surface area contributed by atoms with E-state index < -0.39 is 0 Å². The summed E-state index contributed by atoms with van der Waals surface area (Å²) in [5, 5.41) is 0.168. The van der Waals surface area contributed by atoms with E-state index in [-0.39, 0.29) is 5.28 Å². The molecule has 0 aliphatic rings. The molecule has 0 atom stereocenters. The summed E-state index contributed by atoms with van der Waals surface area (Å²) in [6.45, 7) is 0. The van der Waals surface area contributed by atoms with Crippen molar-refractivity contribution in [2.45, 2.75) is 0 Å². The van der Waals surface area contributed by atoms with Crippen molar-refractivity contribution in [3.63, 3.8) is 0 Å². The average Bonchev–Trinajstić information content (AvgIpc) is 2.48.